The van der Waals surface area contributed by atoms with E-state index in [1.807, 2.05) is 48.4 Å². The summed E-state index contributed by atoms with van der Waals surface area (Å²) in [5.74, 6) is 5.85. The fourth-order valence-electron chi connectivity index (χ4n) is 2.93. The molecule has 1 N–H and O–H groups in total. The van der Waals surface area contributed by atoms with Gasteiger partial charge in [0.25, 0.3) is 0 Å². The first-order chi connectivity index (χ1) is 22.9. The molecule has 0 amide bonds. The van der Waals surface area contributed by atoms with Gasteiger partial charge in [0.05, 0.1) is 0 Å². The molecule has 0 aliphatic rings. The largest absolute Gasteiger partial charge is 0.534 e. The van der Waals surface area contributed by atoms with E-state index in [4.69, 9.17) is 0 Å². The number of rotatable bonds is 6. The maximum Gasteiger partial charge on any atom is 0.534 e. The number of benzene rings is 2. The van der Waals surface area contributed by atoms with Crippen molar-refractivity contribution in [2.45, 2.75) is 81.5 Å². The van der Waals surface area contributed by atoms with Crippen molar-refractivity contribution >= 4 is 46.5 Å². The van der Waals surface area contributed by atoms with Gasteiger partial charge in [-0.3, -0.25) is 0 Å². The second kappa shape index (κ2) is 17.7. The number of phenolic OH excluding ortho intramolecular Hbond substituents is 1. The fraction of sp³-hybridized carbons (Fsp3) is 0.448. The molecule has 2 unspecified atom stereocenters. The van der Waals surface area contributed by atoms with Crippen LogP contribution in [0.3, 0.4) is 0 Å². The summed E-state index contributed by atoms with van der Waals surface area (Å²) in [5, 5.41) is 9.65. The Bertz CT molecular complexity index is 1940. The molecule has 0 aliphatic heterocycles. The van der Waals surface area contributed by atoms with Crippen molar-refractivity contribution in [3.63, 3.8) is 0 Å². The second-order valence-electron chi connectivity index (χ2n) is 12.4. The molecule has 52 heavy (non-hydrogen) atoms. The first-order valence-corrected chi connectivity index (χ1v) is 25.4. The molecule has 0 aromatic heterocycles. The molecule has 0 saturated carbocycles. The number of hydrogen-bond acceptors (Lipinski definition) is 9. The van der Waals surface area contributed by atoms with Crippen LogP contribution in [0.2, 0.25) is 39.3 Å². The van der Waals surface area contributed by atoms with Crippen LogP contribution in [0, 0.1) is 22.9 Å². The summed E-state index contributed by atoms with van der Waals surface area (Å²) in [7, 11) is -22.3. The molecule has 0 aliphatic carbocycles. The topological polar surface area (TPSA) is 141 Å². The van der Waals surface area contributed by atoms with Gasteiger partial charge in [-0.2, -0.15) is 64.8 Å². The van der Waals surface area contributed by atoms with E-state index < -0.39 is 68.9 Å². The lowest BCUT2D eigenvalue weighted by Gasteiger charge is -2.14. The van der Waals surface area contributed by atoms with Crippen LogP contribution >= 0.6 is 0 Å². The van der Waals surface area contributed by atoms with E-state index in [-0.39, 0.29) is 11.7 Å². The van der Waals surface area contributed by atoms with Crippen LogP contribution in [0.4, 0.5) is 39.5 Å². The Hall–Kier alpha value is -3.23. The third-order valence-electron chi connectivity index (χ3n) is 5.35. The molecule has 2 rings (SSSR count). The summed E-state index contributed by atoms with van der Waals surface area (Å²) in [6.45, 7) is 16.5. The normalized spacial score (nSPS) is 14.0. The minimum atomic E-state index is -6.85. The third kappa shape index (κ3) is 16.6. The van der Waals surface area contributed by atoms with Crippen molar-refractivity contribution in [1.29, 1.82) is 0 Å². The molecule has 0 radical (unpaired) electrons. The Balaban J connectivity index is 0.000000774. The number of phenols is 1. The number of hydrogen-bond donors (Lipinski definition) is 1. The zero-order chi connectivity index (χ0) is 41.4. The van der Waals surface area contributed by atoms with Crippen molar-refractivity contribution < 1.29 is 77.7 Å². The van der Waals surface area contributed by atoms with Crippen molar-refractivity contribution in [3.8, 4) is 34.4 Å². The van der Waals surface area contributed by atoms with Crippen LogP contribution < -0.4 is 4.18 Å². The number of para-hydroxylation sites is 2. The molecule has 23 heteroatoms. The molecular weight excluding hydrogens is 816 g/mol. The van der Waals surface area contributed by atoms with E-state index >= 15 is 0 Å². The van der Waals surface area contributed by atoms with Crippen LogP contribution in [-0.4, -0.2) is 63.0 Å². The van der Waals surface area contributed by atoms with Crippen molar-refractivity contribution in [3.05, 3.63) is 59.7 Å². The molecule has 0 saturated heterocycles. The summed E-state index contributed by atoms with van der Waals surface area (Å²) in [6, 6.07) is 13.1. The average Bonchev–Trinajstić information content (AvgIpc) is 2.92. The summed E-state index contributed by atoms with van der Waals surface area (Å²) in [5.41, 5.74) is -10.3. The Morgan fingerprint density at radius 1 is 0.577 bits per heavy atom. The molecule has 0 heterocycles. The SMILES string of the molecule is CC(C#C[Si](C)(C)C)c1ccccc1O.CC(C#C[Si](C)(C)C)c1ccccc1OS(=O)(=O)C(F)(F)F.O=S(=O)(OS(=O)(=O)C(F)(F)F)C(F)(F)F. The Morgan fingerprint density at radius 2 is 0.904 bits per heavy atom. The first-order valence-electron chi connectivity index (χ1n) is 14.2. The van der Waals surface area contributed by atoms with Crippen molar-refractivity contribution in [2.75, 3.05) is 0 Å². The average molecular weight is 851 g/mol. The number of alkyl halides is 9. The lowest BCUT2D eigenvalue weighted by Crippen LogP contribution is -2.34. The maximum absolute atomic E-state index is 12.4. The minimum absolute atomic E-state index is 0.109. The Labute approximate surface area is 298 Å². The highest BCUT2D eigenvalue weighted by Gasteiger charge is 2.57. The second-order valence-corrected chi connectivity index (χ2v) is 26.8. The van der Waals surface area contributed by atoms with E-state index in [0.29, 0.717) is 11.3 Å². The number of aromatic hydroxyl groups is 1. The zero-order valence-electron chi connectivity index (χ0n) is 28.6. The van der Waals surface area contributed by atoms with E-state index in [9.17, 15) is 69.9 Å². The molecule has 0 fully saturated rings. The Kier molecular flexibility index (Phi) is 16.6. The van der Waals surface area contributed by atoms with Gasteiger partial charge in [0.2, 0.25) is 0 Å². The molecule has 0 bridgehead atoms. The van der Waals surface area contributed by atoms with Gasteiger partial charge in [-0.05, 0) is 26.0 Å². The van der Waals surface area contributed by atoms with Gasteiger partial charge in [0.1, 0.15) is 27.6 Å². The van der Waals surface area contributed by atoms with E-state index in [1.54, 1.807) is 19.1 Å². The molecule has 2 atom stereocenters. The van der Waals surface area contributed by atoms with Crippen molar-refractivity contribution in [2.24, 2.45) is 0 Å². The monoisotopic (exact) mass is 850 g/mol. The van der Waals surface area contributed by atoms with Gasteiger partial charge < -0.3 is 9.29 Å². The van der Waals surface area contributed by atoms with Gasteiger partial charge in [-0.1, -0.05) is 75.7 Å². The molecule has 2 aromatic carbocycles. The highest BCUT2D eigenvalue weighted by molar-refractivity contribution is 8.00. The van der Waals surface area contributed by atoms with Gasteiger partial charge in [0.15, 0.2) is 0 Å². The lowest BCUT2D eigenvalue weighted by atomic mass is 10.0. The lowest BCUT2D eigenvalue weighted by molar-refractivity contribution is -0.0586. The highest BCUT2D eigenvalue weighted by Crippen LogP contribution is 2.33. The quantitative estimate of drug-likeness (QED) is 0.101. The van der Waals surface area contributed by atoms with Gasteiger partial charge in [-0.15, -0.1) is 26.6 Å². The fourth-order valence-corrected chi connectivity index (χ4v) is 6.28. The predicted molar refractivity (Wildman–Crippen MR) is 180 cm³/mol. The molecular formula is C29H35F9O9S3Si2. The van der Waals surface area contributed by atoms with E-state index in [1.165, 1.54) is 18.2 Å². The summed E-state index contributed by atoms with van der Waals surface area (Å²) >= 11 is 0. The first kappa shape index (κ1) is 48.8. The van der Waals surface area contributed by atoms with E-state index in [0.717, 1.165) is 5.56 Å². The van der Waals surface area contributed by atoms with Crippen LogP contribution in [0.15, 0.2) is 48.5 Å². The minimum Gasteiger partial charge on any atom is -0.508 e. The summed E-state index contributed by atoms with van der Waals surface area (Å²) in [6.07, 6.45) is 0. The van der Waals surface area contributed by atoms with E-state index in [2.05, 4.69) is 46.8 Å². The van der Waals surface area contributed by atoms with Gasteiger partial charge in [-0.25, -0.2) is 0 Å². The Morgan fingerprint density at radius 3 is 1.25 bits per heavy atom. The number of halogens is 9. The molecule has 9 nitrogen and oxygen atoms in total. The summed E-state index contributed by atoms with van der Waals surface area (Å²) in [4.78, 5) is 0. The van der Waals surface area contributed by atoms with Crippen molar-refractivity contribution in [1.82, 2.24) is 0 Å². The summed E-state index contributed by atoms with van der Waals surface area (Å²) < 4.78 is 174. The van der Waals surface area contributed by atoms with Crippen LogP contribution in [0.25, 0.3) is 0 Å². The third-order valence-corrected chi connectivity index (χ3v) is 10.7. The van der Waals surface area contributed by atoms with Gasteiger partial charge >= 0.3 is 46.9 Å². The van der Waals surface area contributed by atoms with Crippen LogP contribution in [0.5, 0.6) is 11.5 Å². The molecule has 294 valence electrons. The zero-order valence-corrected chi connectivity index (χ0v) is 33.1. The maximum atomic E-state index is 12.4. The molecule has 2 aromatic rings. The highest BCUT2D eigenvalue weighted by atomic mass is 32.3. The van der Waals surface area contributed by atoms with Gasteiger partial charge in [0, 0.05) is 23.0 Å². The van der Waals surface area contributed by atoms with Crippen LogP contribution in [0.1, 0.15) is 36.8 Å². The standard InChI is InChI=1S/C14H17F3O3SSi.C13H18OSi.C2F6O5S2/c1-11(9-10-22(2,3)4)12-7-5-6-8-13(12)20-21(18,19)14(15,16)17;1-11(9-10-15(2,3)4)12-7-5-6-8-13(12)14;3-1(4,5)14(9,10)13-15(11,12)2(6,7)8/h5-8,11H,1-4H3;5-8,11,14H,1-4H3;. The van der Waals surface area contributed by atoms with Crippen LogP contribution in [-0.2, 0) is 34.0 Å². The molecule has 0 spiro atoms. The predicted octanol–water partition coefficient (Wildman–Crippen LogP) is 7.98. The smallest absolute Gasteiger partial charge is 0.508 e.